The standard InChI is InChI=1S/C30H34O2/c1-13-15(3)19(7)29-21(9)22(10)30(28-24(32)12-11-23(31)27(28)29)20(8)16(4)14(2)18(6)26(30)25(29)17(13)5/h11-12,27-28H,1-10H3. The average Bonchev–Trinajstić information content (AvgIpc) is 2.77. The summed E-state index contributed by atoms with van der Waals surface area (Å²) in [6, 6.07) is 0. The van der Waals surface area contributed by atoms with Crippen LogP contribution in [0.4, 0.5) is 0 Å². The first-order valence-corrected chi connectivity index (χ1v) is 11.8. The topological polar surface area (TPSA) is 34.1 Å². The quantitative estimate of drug-likeness (QED) is 0.393. The molecule has 32 heavy (non-hydrogen) atoms. The van der Waals surface area contributed by atoms with Crippen molar-refractivity contribution in [1.82, 2.24) is 0 Å². The first kappa shape index (κ1) is 21.4. The lowest BCUT2D eigenvalue weighted by Crippen LogP contribution is -2.64. The van der Waals surface area contributed by atoms with E-state index in [0.717, 1.165) is 0 Å². The van der Waals surface area contributed by atoms with Crippen LogP contribution in [0, 0.1) is 22.7 Å². The summed E-state index contributed by atoms with van der Waals surface area (Å²) in [6.07, 6.45) is 3.11. The van der Waals surface area contributed by atoms with Crippen LogP contribution in [-0.4, -0.2) is 11.6 Å². The van der Waals surface area contributed by atoms with Gasteiger partial charge in [0.1, 0.15) is 0 Å². The molecule has 4 atom stereocenters. The second kappa shape index (κ2) is 6.10. The molecular weight excluding hydrogens is 392 g/mol. The highest BCUT2D eigenvalue weighted by atomic mass is 16.1. The monoisotopic (exact) mass is 426 g/mol. The second-order valence-electron chi connectivity index (χ2n) is 10.7. The van der Waals surface area contributed by atoms with Crippen molar-refractivity contribution in [3.63, 3.8) is 0 Å². The van der Waals surface area contributed by atoms with Crippen molar-refractivity contribution in [3.05, 3.63) is 79.0 Å². The molecule has 0 fully saturated rings. The van der Waals surface area contributed by atoms with Gasteiger partial charge in [-0.25, -0.2) is 0 Å². The minimum atomic E-state index is -0.538. The third kappa shape index (κ3) is 1.84. The van der Waals surface area contributed by atoms with Crippen LogP contribution in [0.3, 0.4) is 0 Å². The van der Waals surface area contributed by atoms with E-state index in [1.807, 2.05) is 0 Å². The van der Waals surface area contributed by atoms with Gasteiger partial charge in [-0.2, -0.15) is 0 Å². The summed E-state index contributed by atoms with van der Waals surface area (Å²) in [5.41, 5.74) is 14.3. The maximum absolute atomic E-state index is 13.8. The molecule has 0 aromatic rings. The van der Waals surface area contributed by atoms with Crippen LogP contribution in [0.5, 0.6) is 0 Å². The van der Waals surface area contributed by atoms with Gasteiger partial charge in [0.25, 0.3) is 0 Å². The molecule has 0 saturated heterocycles. The molecule has 6 rings (SSSR count). The van der Waals surface area contributed by atoms with Gasteiger partial charge in [0.2, 0.25) is 0 Å². The number of allylic oxidation sites excluding steroid dienone is 14. The molecule has 2 nitrogen and oxygen atoms in total. The first-order valence-electron chi connectivity index (χ1n) is 11.8. The predicted molar refractivity (Wildman–Crippen MR) is 130 cm³/mol. The molecule has 0 N–H and O–H groups in total. The van der Waals surface area contributed by atoms with Crippen LogP contribution < -0.4 is 0 Å². The Morgan fingerprint density at radius 2 is 0.781 bits per heavy atom. The lowest BCUT2D eigenvalue weighted by molar-refractivity contribution is -0.136. The summed E-state index contributed by atoms with van der Waals surface area (Å²) in [6.45, 7) is 22.1. The molecule has 2 spiro atoms. The highest BCUT2D eigenvalue weighted by Crippen LogP contribution is 2.76. The van der Waals surface area contributed by atoms with Crippen LogP contribution in [0.1, 0.15) is 69.2 Å². The van der Waals surface area contributed by atoms with E-state index in [9.17, 15) is 9.59 Å². The predicted octanol–water partition coefficient (Wildman–Crippen LogP) is 6.93. The highest BCUT2D eigenvalue weighted by molar-refractivity contribution is 6.11. The summed E-state index contributed by atoms with van der Waals surface area (Å²) in [4.78, 5) is 27.5. The van der Waals surface area contributed by atoms with Crippen molar-refractivity contribution in [2.75, 3.05) is 0 Å². The number of hydrogen-bond acceptors (Lipinski definition) is 2. The lowest BCUT2D eigenvalue weighted by atomic mass is 9.34. The van der Waals surface area contributed by atoms with E-state index in [0.29, 0.717) is 0 Å². The molecule has 6 aliphatic rings. The molecule has 6 aliphatic carbocycles. The normalized spacial score (nSPS) is 36.6. The van der Waals surface area contributed by atoms with E-state index in [2.05, 4.69) is 69.2 Å². The highest BCUT2D eigenvalue weighted by Gasteiger charge is 2.71. The Hall–Kier alpha value is -2.48. The molecule has 2 heteroatoms. The smallest absolute Gasteiger partial charge is 0.161 e. The third-order valence-electron chi connectivity index (χ3n) is 10.4. The number of hydrogen-bond donors (Lipinski definition) is 0. The molecule has 0 aromatic carbocycles. The van der Waals surface area contributed by atoms with Gasteiger partial charge in [0.15, 0.2) is 11.6 Å². The van der Waals surface area contributed by atoms with Crippen LogP contribution in [0.2, 0.25) is 0 Å². The third-order valence-corrected chi connectivity index (χ3v) is 10.4. The molecule has 2 bridgehead atoms. The van der Waals surface area contributed by atoms with E-state index < -0.39 is 10.8 Å². The Bertz CT molecular complexity index is 1200. The van der Waals surface area contributed by atoms with Crippen molar-refractivity contribution in [1.29, 1.82) is 0 Å². The molecular formula is C30H34O2. The SMILES string of the molecule is CC1=C(C)C2=C3C(C)=C(C)C(C)=C(C)C34C(C)=C(C)C2(C(C)=C1C)C1C(=O)C=CC(=O)C14. The number of rotatable bonds is 0. The lowest BCUT2D eigenvalue weighted by Gasteiger charge is -2.67. The van der Waals surface area contributed by atoms with Crippen molar-refractivity contribution in [2.45, 2.75) is 69.2 Å². The largest absolute Gasteiger partial charge is 0.294 e. The van der Waals surface area contributed by atoms with Crippen molar-refractivity contribution in [2.24, 2.45) is 22.7 Å². The zero-order valence-electron chi connectivity index (χ0n) is 21.1. The minimum absolute atomic E-state index is 0.103. The van der Waals surface area contributed by atoms with Crippen LogP contribution >= 0.6 is 0 Å². The van der Waals surface area contributed by atoms with E-state index in [1.165, 1.54) is 66.9 Å². The summed E-state index contributed by atoms with van der Waals surface area (Å²) in [5.74, 6) is -0.554. The molecule has 0 aromatic heterocycles. The number of carbonyl (C=O) groups excluding carboxylic acids is 2. The Kier molecular flexibility index (Phi) is 4.07. The molecule has 0 heterocycles. The fraction of sp³-hybridized carbons (Fsp3) is 0.467. The van der Waals surface area contributed by atoms with Gasteiger partial charge in [0.05, 0.1) is 11.8 Å². The van der Waals surface area contributed by atoms with Crippen molar-refractivity contribution >= 4 is 11.6 Å². The van der Waals surface area contributed by atoms with Crippen molar-refractivity contribution in [3.8, 4) is 0 Å². The zero-order chi connectivity index (χ0) is 23.7. The summed E-state index contributed by atoms with van der Waals surface area (Å²) < 4.78 is 0. The molecule has 0 aliphatic heterocycles. The minimum Gasteiger partial charge on any atom is -0.294 e. The molecule has 0 amide bonds. The number of carbonyl (C=O) groups is 2. The maximum Gasteiger partial charge on any atom is 0.161 e. The van der Waals surface area contributed by atoms with Gasteiger partial charge >= 0.3 is 0 Å². The van der Waals surface area contributed by atoms with E-state index in [1.54, 1.807) is 12.2 Å². The molecule has 0 radical (unpaired) electrons. The number of ketones is 2. The van der Waals surface area contributed by atoms with Gasteiger partial charge < -0.3 is 0 Å². The van der Waals surface area contributed by atoms with Gasteiger partial charge in [-0.05, 0) is 126 Å². The Morgan fingerprint density at radius 3 is 1.09 bits per heavy atom. The van der Waals surface area contributed by atoms with Gasteiger partial charge in [0, 0.05) is 10.8 Å². The van der Waals surface area contributed by atoms with Gasteiger partial charge in [-0.1, -0.05) is 22.3 Å². The average molecular weight is 427 g/mol. The van der Waals surface area contributed by atoms with Crippen LogP contribution in [0.15, 0.2) is 79.0 Å². The van der Waals surface area contributed by atoms with Crippen molar-refractivity contribution < 1.29 is 9.59 Å². The Balaban J connectivity index is 2.13. The fourth-order valence-electron chi connectivity index (χ4n) is 8.23. The fourth-order valence-corrected chi connectivity index (χ4v) is 8.23. The first-order chi connectivity index (χ1) is 14.9. The zero-order valence-corrected chi connectivity index (χ0v) is 21.1. The Labute approximate surface area is 192 Å². The van der Waals surface area contributed by atoms with E-state index in [4.69, 9.17) is 0 Å². The molecule has 166 valence electrons. The molecule has 4 unspecified atom stereocenters. The van der Waals surface area contributed by atoms with Crippen LogP contribution in [0.25, 0.3) is 0 Å². The molecule has 0 saturated carbocycles. The summed E-state index contributed by atoms with van der Waals surface area (Å²) in [7, 11) is 0. The van der Waals surface area contributed by atoms with E-state index >= 15 is 0 Å². The maximum atomic E-state index is 13.8. The van der Waals surface area contributed by atoms with Gasteiger partial charge in [-0.3, -0.25) is 9.59 Å². The Morgan fingerprint density at radius 1 is 0.469 bits per heavy atom. The second-order valence-corrected chi connectivity index (χ2v) is 10.7. The summed E-state index contributed by atoms with van der Waals surface area (Å²) >= 11 is 0. The van der Waals surface area contributed by atoms with Crippen LogP contribution in [-0.2, 0) is 9.59 Å². The summed E-state index contributed by atoms with van der Waals surface area (Å²) in [5, 5.41) is 0. The van der Waals surface area contributed by atoms with E-state index in [-0.39, 0.29) is 23.4 Å². The van der Waals surface area contributed by atoms with Gasteiger partial charge in [-0.15, -0.1) is 0 Å².